The quantitative estimate of drug-likeness (QED) is 0.620. The largest absolute Gasteiger partial charge is 0.286 e. The second-order valence-electron chi connectivity index (χ2n) is 5.65. The minimum absolute atomic E-state index is 0.0412. The summed E-state index contributed by atoms with van der Waals surface area (Å²) in [5.41, 5.74) is 1.96. The van der Waals surface area contributed by atoms with Gasteiger partial charge in [-0.25, -0.2) is 0 Å². The SMILES string of the molecule is Cc1ccc(C(=O)N2CCN=C2SCc2ccccc2)cc1[N+](=O)[O-]. The van der Waals surface area contributed by atoms with Gasteiger partial charge in [0, 0.05) is 29.5 Å². The molecule has 0 atom stereocenters. The number of hydrogen-bond acceptors (Lipinski definition) is 5. The Morgan fingerprint density at radius 2 is 2.04 bits per heavy atom. The van der Waals surface area contributed by atoms with Crippen LogP contribution >= 0.6 is 11.8 Å². The molecule has 0 fully saturated rings. The summed E-state index contributed by atoms with van der Waals surface area (Å²) in [6.45, 7) is 2.71. The first kappa shape index (κ1) is 17.2. The highest BCUT2D eigenvalue weighted by molar-refractivity contribution is 8.13. The molecule has 7 heteroatoms. The Hall–Kier alpha value is -2.67. The lowest BCUT2D eigenvalue weighted by molar-refractivity contribution is -0.385. The molecule has 3 rings (SSSR count). The summed E-state index contributed by atoms with van der Waals surface area (Å²) in [6.07, 6.45) is 0. The van der Waals surface area contributed by atoms with Gasteiger partial charge in [0.05, 0.1) is 11.5 Å². The first-order chi connectivity index (χ1) is 12.1. The van der Waals surface area contributed by atoms with E-state index in [-0.39, 0.29) is 11.6 Å². The smallest absolute Gasteiger partial charge is 0.273 e. The fourth-order valence-electron chi connectivity index (χ4n) is 2.56. The van der Waals surface area contributed by atoms with E-state index in [0.717, 1.165) is 11.3 Å². The number of carbonyl (C=O) groups excluding carboxylic acids is 1. The summed E-state index contributed by atoms with van der Waals surface area (Å²) in [6, 6.07) is 14.5. The highest BCUT2D eigenvalue weighted by atomic mass is 32.2. The molecule has 25 heavy (non-hydrogen) atoms. The zero-order valence-corrected chi connectivity index (χ0v) is 14.5. The Labute approximate surface area is 149 Å². The van der Waals surface area contributed by atoms with Crippen LogP contribution in [0.4, 0.5) is 5.69 Å². The summed E-state index contributed by atoms with van der Waals surface area (Å²) >= 11 is 1.50. The number of nitro benzene ring substituents is 1. The Kier molecular flexibility index (Phi) is 5.14. The highest BCUT2D eigenvalue weighted by Gasteiger charge is 2.26. The van der Waals surface area contributed by atoms with Gasteiger partial charge in [0.25, 0.3) is 11.6 Å². The van der Waals surface area contributed by atoms with Gasteiger partial charge in [-0.1, -0.05) is 48.2 Å². The van der Waals surface area contributed by atoms with Crippen LogP contribution in [0.1, 0.15) is 21.5 Å². The molecule has 6 nitrogen and oxygen atoms in total. The molecule has 1 amide bonds. The molecule has 0 saturated heterocycles. The standard InChI is InChI=1S/C18H17N3O3S/c1-13-7-8-15(11-16(13)21(23)24)17(22)20-10-9-19-18(20)25-12-14-5-3-2-4-6-14/h2-8,11H,9-10,12H2,1H3. The van der Waals surface area contributed by atoms with Crippen molar-refractivity contribution in [1.82, 2.24) is 4.90 Å². The fraction of sp³-hybridized carbons (Fsp3) is 0.222. The van der Waals surface area contributed by atoms with Gasteiger partial charge in [0.15, 0.2) is 5.17 Å². The number of nitrogens with zero attached hydrogens (tertiary/aromatic N) is 3. The molecule has 128 valence electrons. The fourth-order valence-corrected chi connectivity index (χ4v) is 3.56. The van der Waals surface area contributed by atoms with Crippen LogP contribution in [0.15, 0.2) is 53.5 Å². The average molecular weight is 355 g/mol. The molecule has 0 radical (unpaired) electrons. The number of aryl methyl sites for hydroxylation is 1. The van der Waals surface area contributed by atoms with Crippen molar-refractivity contribution in [3.05, 3.63) is 75.3 Å². The first-order valence-electron chi connectivity index (χ1n) is 7.84. The lowest BCUT2D eigenvalue weighted by atomic mass is 10.1. The Morgan fingerprint density at radius 1 is 1.28 bits per heavy atom. The van der Waals surface area contributed by atoms with Crippen LogP contribution in [0.2, 0.25) is 0 Å². The van der Waals surface area contributed by atoms with Crippen LogP contribution in [0.5, 0.6) is 0 Å². The maximum Gasteiger partial charge on any atom is 0.273 e. The van der Waals surface area contributed by atoms with E-state index in [0.29, 0.717) is 29.4 Å². The maximum atomic E-state index is 12.8. The van der Waals surface area contributed by atoms with Gasteiger partial charge in [0.2, 0.25) is 0 Å². The van der Waals surface area contributed by atoms with Gasteiger partial charge in [-0.15, -0.1) is 0 Å². The molecule has 2 aromatic rings. The van der Waals surface area contributed by atoms with Crippen LogP contribution < -0.4 is 0 Å². The summed E-state index contributed by atoms with van der Waals surface area (Å²) in [7, 11) is 0. The highest BCUT2D eigenvalue weighted by Crippen LogP contribution is 2.24. The summed E-state index contributed by atoms with van der Waals surface area (Å²) in [5, 5.41) is 11.8. The summed E-state index contributed by atoms with van der Waals surface area (Å²) < 4.78 is 0. The van der Waals surface area contributed by atoms with Crippen molar-refractivity contribution in [2.24, 2.45) is 4.99 Å². The summed E-state index contributed by atoms with van der Waals surface area (Å²) in [4.78, 5) is 29.4. The van der Waals surface area contributed by atoms with E-state index < -0.39 is 4.92 Å². The van der Waals surface area contributed by atoms with Crippen LogP contribution in [0, 0.1) is 17.0 Å². The Bertz CT molecular complexity index is 837. The lowest BCUT2D eigenvalue weighted by Gasteiger charge is -2.18. The monoisotopic (exact) mass is 355 g/mol. The van der Waals surface area contributed by atoms with Gasteiger partial charge in [0.1, 0.15) is 0 Å². The molecule has 0 aromatic heterocycles. The number of thioether (sulfide) groups is 1. The predicted octanol–water partition coefficient (Wildman–Crippen LogP) is 3.65. The normalized spacial score (nSPS) is 13.6. The van der Waals surface area contributed by atoms with E-state index in [4.69, 9.17) is 0 Å². The predicted molar refractivity (Wildman–Crippen MR) is 98.9 cm³/mol. The van der Waals surface area contributed by atoms with Crippen molar-refractivity contribution in [2.45, 2.75) is 12.7 Å². The number of aliphatic imine (C=N–C) groups is 1. The molecular formula is C18H17N3O3S. The van der Waals surface area contributed by atoms with Gasteiger partial charge >= 0.3 is 0 Å². The van der Waals surface area contributed by atoms with Crippen molar-refractivity contribution in [3.8, 4) is 0 Å². The molecule has 0 bridgehead atoms. The number of amidine groups is 1. The molecule has 2 aromatic carbocycles. The number of hydrogen-bond donors (Lipinski definition) is 0. The Morgan fingerprint density at radius 3 is 2.76 bits per heavy atom. The first-order valence-corrected chi connectivity index (χ1v) is 8.83. The van der Waals surface area contributed by atoms with E-state index in [9.17, 15) is 14.9 Å². The maximum absolute atomic E-state index is 12.8. The Balaban J connectivity index is 1.74. The van der Waals surface area contributed by atoms with E-state index in [1.165, 1.54) is 17.8 Å². The molecule has 1 aliphatic rings. The minimum atomic E-state index is -0.463. The number of rotatable bonds is 4. The third-order valence-corrected chi connectivity index (χ3v) is 5.00. The van der Waals surface area contributed by atoms with Crippen molar-refractivity contribution < 1.29 is 9.72 Å². The number of benzene rings is 2. The van der Waals surface area contributed by atoms with Gasteiger partial charge in [-0.2, -0.15) is 0 Å². The van der Waals surface area contributed by atoms with Crippen LogP contribution in [-0.2, 0) is 5.75 Å². The minimum Gasteiger partial charge on any atom is -0.286 e. The summed E-state index contributed by atoms with van der Waals surface area (Å²) in [5.74, 6) is 0.470. The van der Waals surface area contributed by atoms with Crippen molar-refractivity contribution in [2.75, 3.05) is 13.1 Å². The zero-order valence-electron chi connectivity index (χ0n) is 13.7. The van der Waals surface area contributed by atoms with Crippen molar-refractivity contribution >= 4 is 28.5 Å². The molecule has 0 unspecified atom stereocenters. The number of carbonyl (C=O) groups is 1. The third kappa shape index (κ3) is 3.88. The molecule has 0 aliphatic carbocycles. The van der Waals surface area contributed by atoms with Crippen molar-refractivity contribution in [1.29, 1.82) is 0 Å². The van der Waals surface area contributed by atoms with Gasteiger partial charge in [-0.05, 0) is 18.6 Å². The third-order valence-electron chi connectivity index (χ3n) is 3.91. The molecule has 1 aliphatic heterocycles. The molecule has 1 heterocycles. The van der Waals surface area contributed by atoms with Gasteiger partial charge in [-0.3, -0.25) is 24.8 Å². The molecule has 0 saturated carbocycles. The van der Waals surface area contributed by atoms with Gasteiger partial charge < -0.3 is 0 Å². The second kappa shape index (κ2) is 7.48. The topological polar surface area (TPSA) is 75.8 Å². The molecule has 0 N–H and O–H groups in total. The van der Waals surface area contributed by atoms with Crippen LogP contribution in [0.3, 0.4) is 0 Å². The van der Waals surface area contributed by atoms with E-state index in [2.05, 4.69) is 4.99 Å². The van der Waals surface area contributed by atoms with E-state index in [1.54, 1.807) is 24.0 Å². The molecular weight excluding hydrogens is 338 g/mol. The number of amides is 1. The zero-order chi connectivity index (χ0) is 17.8. The van der Waals surface area contributed by atoms with E-state index in [1.807, 2.05) is 30.3 Å². The second-order valence-corrected chi connectivity index (χ2v) is 6.60. The van der Waals surface area contributed by atoms with E-state index >= 15 is 0 Å². The van der Waals surface area contributed by atoms with Crippen LogP contribution in [-0.4, -0.2) is 34.0 Å². The lowest BCUT2D eigenvalue weighted by Crippen LogP contribution is -2.32. The molecule has 0 spiro atoms. The van der Waals surface area contributed by atoms with Crippen molar-refractivity contribution in [3.63, 3.8) is 0 Å². The van der Waals surface area contributed by atoms with Crippen LogP contribution in [0.25, 0.3) is 0 Å². The average Bonchev–Trinajstić information content (AvgIpc) is 3.09. The number of nitro groups is 1.